The first-order valence-corrected chi connectivity index (χ1v) is 6.37. The summed E-state index contributed by atoms with van der Waals surface area (Å²) in [5.74, 6) is -1.78. The van der Waals surface area contributed by atoms with Crippen molar-refractivity contribution >= 4 is 23.2 Å². The van der Waals surface area contributed by atoms with Crippen LogP contribution in [0.15, 0.2) is 36.4 Å². The molecule has 0 fully saturated rings. The van der Waals surface area contributed by atoms with Gasteiger partial charge in [-0.25, -0.2) is 8.78 Å². The molecule has 2 aromatic carbocycles. The fraction of sp³-hybridized carbons (Fsp3) is 0.143. The second-order valence-corrected chi connectivity index (χ2v) is 5.05. The van der Waals surface area contributed by atoms with Gasteiger partial charge in [-0.2, -0.15) is 0 Å². The third kappa shape index (κ3) is 3.44. The predicted molar refractivity (Wildman–Crippen MR) is 73.5 cm³/mol. The molecule has 0 saturated carbocycles. The van der Waals surface area contributed by atoms with Gasteiger partial charge >= 0.3 is 0 Å². The van der Waals surface area contributed by atoms with E-state index in [1.54, 1.807) is 18.2 Å². The third-order valence-electron chi connectivity index (χ3n) is 2.81. The first-order valence-electron chi connectivity index (χ1n) is 5.62. The molecule has 0 spiro atoms. The standard InChI is InChI=1S/C14H11Cl2F2N/c15-10-3-1-8(5-11(10)16)6-14(19)9-2-4-12(17)13(18)7-9/h1-5,7,14H,6,19H2. The highest BCUT2D eigenvalue weighted by Crippen LogP contribution is 2.25. The molecule has 0 heterocycles. The van der Waals surface area contributed by atoms with Gasteiger partial charge in [0.25, 0.3) is 0 Å². The first-order chi connectivity index (χ1) is 8.97. The van der Waals surface area contributed by atoms with Crippen LogP contribution in [-0.2, 0) is 6.42 Å². The van der Waals surface area contributed by atoms with E-state index in [0.717, 1.165) is 17.7 Å². The number of nitrogens with two attached hydrogens (primary N) is 1. The van der Waals surface area contributed by atoms with Gasteiger partial charge in [0, 0.05) is 6.04 Å². The molecule has 0 aromatic heterocycles. The molecule has 0 bridgehead atoms. The smallest absolute Gasteiger partial charge is 0.159 e. The largest absolute Gasteiger partial charge is 0.324 e. The lowest BCUT2D eigenvalue weighted by Crippen LogP contribution is -2.13. The quantitative estimate of drug-likeness (QED) is 0.886. The molecule has 19 heavy (non-hydrogen) atoms. The fourth-order valence-corrected chi connectivity index (χ4v) is 2.10. The summed E-state index contributed by atoms with van der Waals surface area (Å²) in [6.45, 7) is 0. The van der Waals surface area contributed by atoms with Crippen molar-refractivity contribution in [3.8, 4) is 0 Å². The van der Waals surface area contributed by atoms with Gasteiger partial charge in [0.15, 0.2) is 11.6 Å². The predicted octanol–water partition coefficient (Wildman–Crippen LogP) is 4.51. The molecule has 0 amide bonds. The van der Waals surface area contributed by atoms with Crippen molar-refractivity contribution in [2.75, 3.05) is 0 Å². The fourth-order valence-electron chi connectivity index (χ4n) is 1.78. The third-order valence-corrected chi connectivity index (χ3v) is 3.55. The molecule has 0 aliphatic carbocycles. The number of halogens is 4. The molecule has 1 unspecified atom stereocenters. The SMILES string of the molecule is NC(Cc1ccc(Cl)c(Cl)c1)c1ccc(F)c(F)c1. The summed E-state index contributed by atoms with van der Waals surface area (Å²) in [4.78, 5) is 0. The molecule has 0 saturated heterocycles. The average Bonchev–Trinajstić information content (AvgIpc) is 2.37. The second-order valence-electron chi connectivity index (χ2n) is 4.23. The van der Waals surface area contributed by atoms with E-state index in [2.05, 4.69) is 0 Å². The maximum absolute atomic E-state index is 13.1. The van der Waals surface area contributed by atoms with Crippen LogP contribution in [0.4, 0.5) is 8.78 Å². The van der Waals surface area contributed by atoms with E-state index < -0.39 is 17.7 Å². The van der Waals surface area contributed by atoms with Crippen LogP contribution >= 0.6 is 23.2 Å². The Hall–Kier alpha value is -1.16. The van der Waals surface area contributed by atoms with Crippen LogP contribution in [0.1, 0.15) is 17.2 Å². The first kappa shape index (κ1) is 14.3. The highest BCUT2D eigenvalue weighted by Gasteiger charge is 2.11. The van der Waals surface area contributed by atoms with E-state index >= 15 is 0 Å². The molecule has 0 aliphatic rings. The summed E-state index contributed by atoms with van der Waals surface area (Å²) in [6, 6.07) is 8.40. The highest BCUT2D eigenvalue weighted by molar-refractivity contribution is 6.42. The van der Waals surface area contributed by atoms with E-state index in [1.807, 2.05) is 0 Å². The monoisotopic (exact) mass is 301 g/mol. The molecule has 100 valence electrons. The van der Waals surface area contributed by atoms with Crippen LogP contribution in [-0.4, -0.2) is 0 Å². The normalized spacial score (nSPS) is 12.5. The van der Waals surface area contributed by atoms with Crippen LogP contribution in [0, 0.1) is 11.6 Å². The Kier molecular flexibility index (Phi) is 4.40. The number of benzene rings is 2. The van der Waals surface area contributed by atoms with Crippen molar-refractivity contribution in [3.63, 3.8) is 0 Å². The molecule has 0 aliphatic heterocycles. The van der Waals surface area contributed by atoms with E-state index in [1.165, 1.54) is 6.07 Å². The summed E-state index contributed by atoms with van der Waals surface area (Å²) in [5, 5.41) is 0.906. The van der Waals surface area contributed by atoms with Crippen molar-refractivity contribution < 1.29 is 8.78 Å². The number of hydrogen-bond acceptors (Lipinski definition) is 1. The molecule has 2 aromatic rings. The Bertz CT molecular complexity index is 602. The lowest BCUT2D eigenvalue weighted by atomic mass is 9.99. The van der Waals surface area contributed by atoms with Gasteiger partial charge in [-0.1, -0.05) is 35.3 Å². The van der Waals surface area contributed by atoms with Crippen LogP contribution < -0.4 is 5.73 Å². The number of hydrogen-bond donors (Lipinski definition) is 1. The van der Waals surface area contributed by atoms with Gasteiger partial charge in [0.2, 0.25) is 0 Å². The van der Waals surface area contributed by atoms with Crippen molar-refractivity contribution in [2.24, 2.45) is 5.73 Å². The Morgan fingerprint density at radius 1 is 0.947 bits per heavy atom. The number of rotatable bonds is 3. The van der Waals surface area contributed by atoms with E-state index in [0.29, 0.717) is 22.0 Å². The van der Waals surface area contributed by atoms with Crippen LogP contribution in [0.3, 0.4) is 0 Å². The summed E-state index contributed by atoms with van der Waals surface area (Å²) in [6.07, 6.45) is 0.460. The summed E-state index contributed by atoms with van der Waals surface area (Å²) < 4.78 is 26.0. The van der Waals surface area contributed by atoms with Crippen molar-refractivity contribution in [1.82, 2.24) is 0 Å². The van der Waals surface area contributed by atoms with Crippen molar-refractivity contribution in [3.05, 3.63) is 69.2 Å². The molecule has 5 heteroatoms. The van der Waals surface area contributed by atoms with E-state index in [9.17, 15) is 8.78 Å². The Morgan fingerprint density at radius 2 is 1.68 bits per heavy atom. The van der Waals surface area contributed by atoms with Crippen LogP contribution in [0.2, 0.25) is 10.0 Å². The maximum atomic E-state index is 13.1. The van der Waals surface area contributed by atoms with Crippen molar-refractivity contribution in [1.29, 1.82) is 0 Å². The van der Waals surface area contributed by atoms with Crippen LogP contribution in [0.25, 0.3) is 0 Å². The van der Waals surface area contributed by atoms with E-state index in [4.69, 9.17) is 28.9 Å². The minimum atomic E-state index is -0.901. The minimum absolute atomic E-state index is 0.438. The van der Waals surface area contributed by atoms with Gasteiger partial charge in [-0.3, -0.25) is 0 Å². The summed E-state index contributed by atoms with van der Waals surface area (Å²) in [5.41, 5.74) is 7.38. The Morgan fingerprint density at radius 3 is 2.32 bits per heavy atom. The van der Waals surface area contributed by atoms with Gasteiger partial charge in [0.05, 0.1) is 10.0 Å². The summed E-state index contributed by atoms with van der Waals surface area (Å²) >= 11 is 11.7. The molecule has 1 nitrogen and oxygen atoms in total. The minimum Gasteiger partial charge on any atom is -0.324 e. The molecule has 2 N–H and O–H groups in total. The van der Waals surface area contributed by atoms with Gasteiger partial charge in [-0.05, 0) is 41.8 Å². The van der Waals surface area contributed by atoms with E-state index in [-0.39, 0.29) is 0 Å². The van der Waals surface area contributed by atoms with Gasteiger partial charge in [0.1, 0.15) is 0 Å². The lowest BCUT2D eigenvalue weighted by Gasteiger charge is -2.13. The van der Waals surface area contributed by atoms with Gasteiger partial charge in [-0.15, -0.1) is 0 Å². The zero-order valence-electron chi connectivity index (χ0n) is 9.84. The molecule has 0 radical (unpaired) electrons. The second kappa shape index (κ2) is 5.87. The zero-order chi connectivity index (χ0) is 14.0. The Balaban J connectivity index is 2.17. The van der Waals surface area contributed by atoms with Crippen LogP contribution in [0.5, 0.6) is 0 Å². The average molecular weight is 302 g/mol. The highest BCUT2D eigenvalue weighted by atomic mass is 35.5. The lowest BCUT2D eigenvalue weighted by molar-refractivity contribution is 0.505. The zero-order valence-corrected chi connectivity index (χ0v) is 11.3. The maximum Gasteiger partial charge on any atom is 0.159 e. The molecule has 2 rings (SSSR count). The van der Waals surface area contributed by atoms with Gasteiger partial charge < -0.3 is 5.73 Å². The molecular formula is C14H11Cl2F2N. The molecular weight excluding hydrogens is 291 g/mol. The summed E-state index contributed by atoms with van der Waals surface area (Å²) in [7, 11) is 0. The molecule has 1 atom stereocenters. The van der Waals surface area contributed by atoms with Crippen molar-refractivity contribution in [2.45, 2.75) is 12.5 Å². The Labute approximate surface area is 119 Å². The topological polar surface area (TPSA) is 26.0 Å².